The molecule has 0 saturated carbocycles. The van der Waals surface area contributed by atoms with E-state index < -0.39 is 18.0 Å². The number of aliphatic hydroxyl groups is 1. The van der Waals surface area contributed by atoms with Crippen molar-refractivity contribution in [2.45, 2.75) is 19.6 Å². The van der Waals surface area contributed by atoms with Crippen LogP contribution in [0.3, 0.4) is 0 Å². The molecular formula is C18H20O4. The Balaban J connectivity index is 1.76. The summed E-state index contributed by atoms with van der Waals surface area (Å²) in [5.74, 6) is -0.658. The molecule has 22 heavy (non-hydrogen) atoms. The van der Waals surface area contributed by atoms with Gasteiger partial charge in [-0.3, -0.25) is 4.79 Å². The van der Waals surface area contributed by atoms with E-state index in [2.05, 4.69) is 0 Å². The van der Waals surface area contributed by atoms with Crippen molar-refractivity contribution in [3.05, 3.63) is 66.2 Å². The van der Waals surface area contributed by atoms with Crippen molar-refractivity contribution < 1.29 is 19.4 Å². The topological polar surface area (TPSA) is 55.8 Å². The summed E-state index contributed by atoms with van der Waals surface area (Å²) in [5.41, 5.74) is 1.02. The highest BCUT2D eigenvalue weighted by atomic mass is 16.5. The molecule has 116 valence electrons. The zero-order valence-electron chi connectivity index (χ0n) is 12.5. The lowest BCUT2D eigenvalue weighted by Gasteiger charge is -2.17. The van der Waals surface area contributed by atoms with Crippen LogP contribution in [0.1, 0.15) is 12.5 Å². The molecule has 2 rings (SSSR count). The first-order chi connectivity index (χ1) is 10.7. The van der Waals surface area contributed by atoms with Gasteiger partial charge in [0, 0.05) is 0 Å². The number of carbonyl (C=O) groups excluding carboxylic acids is 1. The molecule has 1 N–H and O–H groups in total. The molecule has 0 amide bonds. The van der Waals surface area contributed by atoms with Crippen LogP contribution in [-0.4, -0.2) is 23.8 Å². The molecule has 0 aliphatic carbocycles. The van der Waals surface area contributed by atoms with Crippen molar-refractivity contribution in [2.75, 3.05) is 6.61 Å². The maximum atomic E-state index is 11.9. The predicted molar refractivity (Wildman–Crippen MR) is 83.3 cm³/mol. The van der Waals surface area contributed by atoms with E-state index >= 15 is 0 Å². The average molecular weight is 300 g/mol. The van der Waals surface area contributed by atoms with Gasteiger partial charge in [0.15, 0.2) is 0 Å². The second-order valence-electron chi connectivity index (χ2n) is 5.09. The van der Waals surface area contributed by atoms with E-state index in [9.17, 15) is 9.90 Å². The van der Waals surface area contributed by atoms with Crippen LogP contribution < -0.4 is 4.74 Å². The monoisotopic (exact) mass is 300 g/mol. The average Bonchev–Trinajstić information content (AvgIpc) is 2.56. The van der Waals surface area contributed by atoms with Gasteiger partial charge >= 0.3 is 5.97 Å². The van der Waals surface area contributed by atoms with Gasteiger partial charge in [0.1, 0.15) is 5.75 Å². The van der Waals surface area contributed by atoms with E-state index in [0.717, 1.165) is 5.56 Å². The molecule has 0 bridgehead atoms. The van der Waals surface area contributed by atoms with Crippen LogP contribution in [-0.2, 0) is 16.1 Å². The Kier molecular flexibility index (Phi) is 6.13. The van der Waals surface area contributed by atoms with Gasteiger partial charge in [-0.25, -0.2) is 0 Å². The summed E-state index contributed by atoms with van der Waals surface area (Å²) in [6.07, 6.45) is -0.903. The van der Waals surface area contributed by atoms with Crippen LogP contribution in [0.15, 0.2) is 60.7 Å². The third-order valence-electron chi connectivity index (χ3n) is 3.31. The van der Waals surface area contributed by atoms with E-state index in [1.54, 1.807) is 31.2 Å². The van der Waals surface area contributed by atoms with Crippen LogP contribution in [0.2, 0.25) is 0 Å². The number of hydrogen-bond donors (Lipinski definition) is 1. The van der Waals surface area contributed by atoms with Crippen molar-refractivity contribution in [3.8, 4) is 5.75 Å². The second-order valence-corrected chi connectivity index (χ2v) is 5.09. The molecular weight excluding hydrogens is 280 g/mol. The first-order valence-corrected chi connectivity index (χ1v) is 7.23. The Morgan fingerprint density at radius 2 is 1.64 bits per heavy atom. The fourth-order valence-corrected chi connectivity index (χ4v) is 1.87. The Labute approximate surface area is 130 Å². The number of hydrogen-bond acceptors (Lipinski definition) is 4. The lowest BCUT2D eigenvalue weighted by Crippen LogP contribution is -2.32. The van der Waals surface area contributed by atoms with Crippen LogP contribution in [0.25, 0.3) is 0 Å². The Morgan fingerprint density at radius 1 is 1.05 bits per heavy atom. The third-order valence-corrected chi connectivity index (χ3v) is 3.31. The molecule has 0 spiro atoms. The van der Waals surface area contributed by atoms with Crippen molar-refractivity contribution >= 4 is 5.97 Å². The molecule has 0 unspecified atom stereocenters. The summed E-state index contributed by atoms with van der Waals surface area (Å²) in [6, 6.07) is 18.5. The smallest absolute Gasteiger partial charge is 0.316 e. The molecule has 2 aromatic carbocycles. The van der Waals surface area contributed by atoms with Gasteiger partial charge in [0.25, 0.3) is 0 Å². The van der Waals surface area contributed by atoms with Gasteiger partial charge in [-0.05, 0) is 24.6 Å². The molecule has 4 heteroatoms. The molecule has 2 aromatic rings. The van der Waals surface area contributed by atoms with Gasteiger partial charge < -0.3 is 14.6 Å². The zero-order valence-corrected chi connectivity index (χ0v) is 12.5. The molecule has 2 atom stereocenters. The van der Waals surface area contributed by atoms with Crippen molar-refractivity contribution in [2.24, 2.45) is 5.92 Å². The van der Waals surface area contributed by atoms with Crippen LogP contribution in [0.5, 0.6) is 5.75 Å². The first-order valence-electron chi connectivity index (χ1n) is 7.23. The quantitative estimate of drug-likeness (QED) is 0.631. The highest BCUT2D eigenvalue weighted by Crippen LogP contribution is 2.13. The fourth-order valence-electron chi connectivity index (χ4n) is 1.87. The Bertz CT molecular complexity index is 568. The first kappa shape index (κ1) is 16.2. The van der Waals surface area contributed by atoms with Crippen molar-refractivity contribution in [1.82, 2.24) is 0 Å². The summed E-state index contributed by atoms with van der Waals surface area (Å²) >= 11 is 0. The second kappa shape index (κ2) is 8.32. The summed E-state index contributed by atoms with van der Waals surface area (Å²) in [4.78, 5) is 11.9. The highest BCUT2D eigenvalue weighted by molar-refractivity contribution is 5.75. The van der Waals surface area contributed by atoms with Gasteiger partial charge in [-0.1, -0.05) is 48.5 Å². The summed E-state index contributed by atoms with van der Waals surface area (Å²) < 4.78 is 10.7. The van der Waals surface area contributed by atoms with E-state index in [0.29, 0.717) is 12.4 Å². The lowest BCUT2D eigenvalue weighted by atomic mass is 10.1. The summed E-state index contributed by atoms with van der Waals surface area (Å²) in [5, 5.41) is 10.0. The number of esters is 1. The highest BCUT2D eigenvalue weighted by Gasteiger charge is 2.24. The number of benzene rings is 2. The molecule has 0 heterocycles. The van der Waals surface area contributed by atoms with Gasteiger partial charge in [0.05, 0.1) is 25.2 Å². The van der Waals surface area contributed by atoms with Crippen LogP contribution in [0, 0.1) is 5.92 Å². The predicted octanol–water partition coefficient (Wildman–Crippen LogP) is 2.81. The largest absolute Gasteiger partial charge is 0.426 e. The third kappa shape index (κ3) is 4.98. The van der Waals surface area contributed by atoms with E-state index in [-0.39, 0.29) is 6.61 Å². The number of ether oxygens (including phenoxy) is 2. The minimum atomic E-state index is -0.903. The summed E-state index contributed by atoms with van der Waals surface area (Å²) in [7, 11) is 0. The van der Waals surface area contributed by atoms with Gasteiger partial charge in [-0.15, -0.1) is 0 Å². The molecule has 0 fully saturated rings. The molecule has 0 aromatic heterocycles. The molecule has 0 aliphatic heterocycles. The lowest BCUT2D eigenvalue weighted by molar-refractivity contribution is -0.143. The summed E-state index contributed by atoms with van der Waals surface area (Å²) in [6.45, 7) is 2.11. The molecule has 4 nitrogen and oxygen atoms in total. The molecule has 0 radical (unpaired) electrons. The minimum Gasteiger partial charge on any atom is -0.426 e. The zero-order chi connectivity index (χ0) is 15.8. The fraction of sp³-hybridized carbons (Fsp3) is 0.278. The maximum absolute atomic E-state index is 11.9. The minimum absolute atomic E-state index is 0.0833. The Morgan fingerprint density at radius 3 is 2.27 bits per heavy atom. The van der Waals surface area contributed by atoms with E-state index in [4.69, 9.17) is 9.47 Å². The van der Waals surface area contributed by atoms with Crippen LogP contribution >= 0.6 is 0 Å². The number of rotatable bonds is 7. The van der Waals surface area contributed by atoms with Crippen molar-refractivity contribution in [1.29, 1.82) is 0 Å². The molecule has 0 saturated heterocycles. The van der Waals surface area contributed by atoms with Gasteiger partial charge in [0.2, 0.25) is 0 Å². The number of para-hydroxylation sites is 1. The number of carbonyl (C=O) groups is 1. The normalized spacial score (nSPS) is 13.4. The van der Waals surface area contributed by atoms with E-state index in [1.807, 2.05) is 36.4 Å². The number of aliphatic hydroxyl groups excluding tert-OH is 1. The van der Waals surface area contributed by atoms with E-state index in [1.165, 1.54) is 0 Å². The van der Waals surface area contributed by atoms with Crippen molar-refractivity contribution in [3.63, 3.8) is 0 Å². The standard InChI is InChI=1S/C18H20O4/c1-14(18(20)22-16-10-6-3-7-11-16)17(19)13-21-12-15-8-4-2-5-9-15/h2-11,14,17,19H,12-13H2,1H3/t14-,17+/m1/s1. The van der Waals surface area contributed by atoms with Crippen LogP contribution in [0.4, 0.5) is 0 Å². The maximum Gasteiger partial charge on any atom is 0.316 e. The van der Waals surface area contributed by atoms with Gasteiger partial charge in [-0.2, -0.15) is 0 Å². The molecule has 0 aliphatic rings. The SMILES string of the molecule is C[C@@H](C(=O)Oc1ccccc1)[C@@H](O)COCc1ccccc1. The Hall–Kier alpha value is -2.17.